The van der Waals surface area contributed by atoms with Gasteiger partial charge in [0.1, 0.15) is 29.5 Å². The van der Waals surface area contributed by atoms with Gasteiger partial charge in [-0.25, -0.2) is 8.78 Å². The van der Waals surface area contributed by atoms with Crippen molar-refractivity contribution in [3.05, 3.63) is 53.1 Å². The lowest BCUT2D eigenvalue weighted by atomic mass is 9.95. The van der Waals surface area contributed by atoms with Gasteiger partial charge < -0.3 is 25.2 Å². The molecule has 0 unspecified atom stereocenters. The first kappa shape index (κ1) is 29.1. The molecular weight excluding hydrogens is 600 g/mol. The Balaban J connectivity index is 1.26. The molecule has 5 heterocycles. The van der Waals surface area contributed by atoms with E-state index in [-0.39, 0.29) is 63.6 Å². The molecule has 0 radical (unpaired) electrons. The van der Waals surface area contributed by atoms with Crippen molar-refractivity contribution in [2.45, 2.75) is 68.6 Å². The maximum Gasteiger partial charge on any atom is 0.319 e. The van der Waals surface area contributed by atoms with Gasteiger partial charge in [-0.3, -0.25) is 4.90 Å². The van der Waals surface area contributed by atoms with E-state index < -0.39 is 11.6 Å². The first-order chi connectivity index (χ1) is 21.7. The second-order valence-corrected chi connectivity index (χ2v) is 14.0. The van der Waals surface area contributed by atoms with Gasteiger partial charge in [0.25, 0.3) is 0 Å². The largest absolute Gasteiger partial charge is 0.508 e. The van der Waals surface area contributed by atoms with E-state index in [0.29, 0.717) is 41.3 Å². The molecule has 3 N–H and O–H groups in total. The molecule has 0 spiro atoms. The topological polar surface area (TPSA) is 94.0 Å². The number of nitrogens with one attached hydrogen (secondary N) is 1. The number of fused-ring (bicyclic) bond motifs is 5. The van der Waals surface area contributed by atoms with Gasteiger partial charge in [0, 0.05) is 57.6 Å². The van der Waals surface area contributed by atoms with Crippen LogP contribution in [0.25, 0.3) is 32.8 Å². The lowest BCUT2D eigenvalue weighted by Gasteiger charge is -2.40. The molecule has 8 nitrogen and oxygen atoms in total. The molecule has 2 bridgehead atoms. The molecule has 4 fully saturated rings. The predicted molar refractivity (Wildman–Crippen MR) is 170 cm³/mol. The zero-order valence-corrected chi connectivity index (χ0v) is 25.9. The van der Waals surface area contributed by atoms with Crippen LogP contribution >= 0.6 is 11.6 Å². The number of phenolic OH excluding ortho intramolecular Hbond substituents is 1. The minimum absolute atomic E-state index is 0.0319. The van der Waals surface area contributed by atoms with Crippen molar-refractivity contribution in [1.82, 2.24) is 20.2 Å². The van der Waals surface area contributed by atoms with E-state index in [4.69, 9.17) is 21.3 Å². The number of aromatic hydroxyl groups is 1. The average Bonchev–Trinajstić information content (AvgIpc) is 3.66. The van der Waals surface area contributed by atoms with Gasteiger partial charge in [-0.05, 0) is 81.6 Å². The third kappa shape index (κ3) is 4.71. The van der Waals surface area contributed by atoms with Crippen LogP contribution in [0.3, 0.4) is 0 Å². The standard InChI is InChI=1S/C34H36ClF2N5O3/c1-33-9-6-20(40-33)15-41(17-33)31-24-14-26(36)28(23-13-22(44)12-19-4-2-5-25(35)27(19)23)29(37)30(24)38-32(39-31)45-16-21-7-10-34(18-43)8-3-11-42(21)34/h2,4-5,12-14,20-21,40,43-44H,3,6-11,15-18H2,1H3/t20-,21+,33+,34+/m1/s1. The molecule has 4 atom stereocenters. The van der Waals surface area contributed by atoms with Gasteiger partial charge in [0.05, 0.1) is 12.2 Å². The fraction of sp³-hybridized carbons (Fsp3) is 0.471. The lowest BCUT2D eigenvalue weighted by Crippen LogP contribution is -2.58. The average molecular weight is 636 g/mol. The van der Waals surface area contributed by atoms with Gasteiger partial charge in [-0.1, -0.05) is 23.7 Å². The molecule has 1 aromatic heterocycles. The second kappa shape index (κ2) is 10.6. The van der Waals surface area contributed by atoms with Gasteiger partial charge in [-0.15, -0.1) is 0 Å². The van der Waals surface area contributed by atoms with Crippen LogP contribution < -0.4 is 15.0 Å². The van der Waals surface area contributed by atoms with Crippen molar-refractivity contribution in [1.29, 1.82) is 0 Å². The number of rotatable bonds is 6. The number of piperazine rings is 1. The summed E-state index contributed by atoms with van der Waals surface area (Å²) in [7, 11) is 0. The monoisotopic (exact) mass is 635 g/mol. The van der Waals surface area contributed by atoms with Crippen molar-refractivity contribution in [3.63, 3.8) is 0 Å². The quantitative estimate of drug-likeness (QED) is 0.245. The maximum atomic E-state index is 16.8. The Hall–Kier alpha value is -3.31. The fourth-order valence-electron chi connectivity index (χ4n) is 8.56. The Kier molecular flexibility index (Phi) is 6.87. The van der Waals surface area contributed by atoms with Gasteiger partial charge in [-0.2, -0.15) is 9.97 Å². The molecule has 0 saturated carbocycles. The Bertz CT molecular complexity index is 1840. The minimum Gasteiger partial charge on any atom is -0.508 e. The van der Waals surface area contributed by atoms with Crippen molar-refractivity contribution in [2.24, 2.45) is 0 Å². The highest BCUT2D eigenvalue weighted by molar-refractivity contribution is 6.36. The van der Waals surface area contributed by atoms with Crippen molar-refractivity contribution < 1.29 is 23.7 Å². The van der Waals surface area contributed by atoms with Crippen LogP contribution in [0.1, 0.15) is 45.4 Å². The third-order valence-electron chi connectivity index (χ3n) is 10.6. The fourth-order valence-corrected chi connectivity index (χ4v) is 8.85. The van der Waals surface area contributed by atoms with Crippen molar-refractivity contribution in [3.8, 4) is 22.9 Å². The number of phenols is 1. The summed E-state index contributed by atoms with van der Waals surface area (Å²) in [6, 6.07) is 9.62. The van der Waals surface area contributed by atoms with E-state index in [0.717, 1.165) is 45.1 Å². The molecule has 8 rings (SSSR count). The van der Waals surface area contributed by atoms with Crippen LogP contribution in [0, 0.1) is 11.6 Å². The summed E-state index contributed by atoms with van der Waals surface area (Å²) in [4.78, 5) is 13.8. The van der Waals surface area contributed by atoms with E-state index >= 15 is 8.78 Å². The SMILES string of the molecule is C[C@]12CC[C@H](CN(c3nc(OC[C@@H]4CC[C@]5(CO)CCCN45)nc4c(F)c(-c5cc(O)cc6cccc(Cl)c56)c(F)cc34)C1)N2. The Morgan fingerprint density at radius 2 is 2.00 bits per heavy atom. The van der Waals surface area contributed by atoms with Crippen LogP contribution in [-0.4, -0.2) is 81.1 Å². The number of anilines is 1. The number of aliphatic hydroxyl groups excluding tert-OH is 1. The van der Waals surface area contributed by atoms with E-state index in [9.17, 15) is 10.2 Å². The molecule has 45 heavy (non-hydrogen) atoms. The molecule has 236 valence electrons. The van der Waals surface area contributed by atoms with Crippen LogP contribution in [0.5, 0.6) is 11.8 Å². The highest BCUT2D eigenvalue weighted by Crippen LogP contribution is 2.44. The van der Waals surface area contributed by atoms with E-state index in [1.54, 1.807) is 18.2 Å². The summed E-state index contributed by atoms with van der Waals surface area (Å²) in [5.41, 5.74) is -0.558. The molecule has 4 aromatic rings. The zero-order chi connectivity index (χ0) is 31.1. The lowest BCUT2D eigenvalue weighted by molar-refractivity contribution is 0.0615. The van der Waals surface area contributed by atoms with Crippen LogP contribution in [0.2, 0.25) is 5.02 Å². The second-order valence-electron chi connectivity index (χ2n) is 13.6. The van der Waals surface area contributed by atoms with E-state index in [1.807, 2.05) is 0 Å². The molecule has 0 amide bonds. The van der Waals surface area contributed by atoms with Crippen LogP contribution in [0.4, 0.5) is 14.6 Å². The minimum atomic E-state index is -0.866. The van der Waals surface area contributed by atoms with Gasteiger partial charge in [0.15, 0.2) is 5.82 Å². The summed E-state index contributed by atoms with van der Waals surface area (Å²) < 4.78 is 39.2. The normalized spacial score (nSPS) is 28.0. The molecular formula is C34H36ClF2N5O3. The molecule has 11 heteroatoms. The first-order valence-electron chi connectivity index (χ1n) is 15.8. The van der Waals surface area contributed by atoms with Gasteiger partial charge >= 0.3 is 6.01 Å². The number of hydrogen-bond donors (Lipinski definition) is 3. The van der Waals surface area contributed by atoms with E-state index in [1.165, 1.54) is 18.2 Å². The number of aliphatic hydroxyl groups is 1. The number of halogens is 3. The number of ether oxygens (including phenoxy) is 1. The highest BCUT2D eigenvalue weighted by Gasteiger charge is 2.49. The Labute approximate surface area is 265 Å². The summed E-state index contributed by atoms with van der Waals surface area (Å²) in [6.45, 7) is 4.76. The first-order valence-corrected chi connectivity index (χ1v) is 16.2. The van der Waals surface area contributed by atoms with Gasteiger partial charge in [0.2, 0.25) is 0 Å². The molecule has 3 aromatic carbocycles. The third-order valence-corrected chi connectivity index (χ3v) is 10.9. The summed E-state index contributed by atoms with van der Waals surface area (Å²) in [5, 5.41) is 25.9. The zero-order valence-electron chi connectivity index (χ0n) is 25.1. The van der Waals surface area contributed by atoms with E-state index in [2.05, 4.69) is 27.0 Å². The molecule has 4 saturated heterocycles. The van der Waals surface area contributed by atoms with Crippen LogP contribution in [0.15, 0.2) is 36.4 Å². The number of benzene rings is 3. The predicted octanol–water partition coefficient (Wildman–Crippen LogP) is 5.79. The summed E-state index contributed by atoms with van der Waals surface area (Å²) >= 11 is 6.54. The summed E-state index contributed by atoms with van der Waals surface area (Å²) in [5.74, 6) is -1.35. The number of nitrogens with zero attached hydrogens (tertiary/aromatic N) is 4. The van der Waals surface area contributed by atoms with Crippen molar-refractivity contribution in [2.75, 3.05) is 37.7 Å². The Morgan fingerprint density at radius 3 is 2.82 bits per heavy atom. The number of hydrogen-bond acceptors (Lipinski definition) is 8. The molecule has 0 aliphatic carbocycles. The number of aromatic nitrogens is 2. The maximum absolute atomic E-state index is 16.8. The van der Waals surface area contributed by atoms with Crippen molar-refractivity contribution >= 4 is 39.1 Å². The molecule has 4 aliphatic heterocycles. The highest BCUT2D eigenvalue weighted by atomic mass is 35.5. The Morgan fingerprint density at radius 1 is 1.13 bits per heavy atom. The smallest absolute Gasteiger partial charge is 0.319 e. The summed E-state index contributed by atoms with van der Waals surface area (Å²) in [6.07, 6.45) is 5.80. The molecule has 4 aliphatic rings. The van der Waals surface area contributed by atoms with Crippen LogP contribution in [-0.2, 0) is 0 Å².